The van der Waals surface area contributed by atoms with Crippen LogP contribution in [0.1, 0.15) is 11.1 Å². The summed E-state index contributed by atoms with van der Waals surface area (Å²) in [6, 6.07) is 65.6. The second-order valence-electron chi connectivity index (χ2n) is 14.0. The second-order valence-corrected chi connectivity index (χ2v) is 14.0. The van der Waals surface area contributed by atoms with Crippen molar-refractivity contribution >= 4 is 0 Å². The molecule has 0 aliphatic carbocycles. The Balaban J connectivity index is 0.973. The van der Waals surface area contributed by atoms with Crippen LogP contribution in [0.3, 0.4) is 0 Å². The smallest absolute Gasteiger partial charge is 0.0876 e. The third-order valence-corrected chi connectivity index (χ3v) is 9.96. The third kappa shape index (κ3) is 7.41. The van der Waals surface area contributed by atoms with Gasteiger partial charge >= 0.3 is 0 Å². The molecule has 5 aromatic carbocycles. The fraction of sp³-hybridized carbons (Fsp3) is 0.0385. The fourth-order valence-corrected chi connectivity index (χ4v) is 6.98. The molecule has 0 aliphatic heterocycles. The van der Waals surface area contributed by atoms with Crippen molar-refractivity contribution in [1.82, 2.24) is 19.9 Å². The summed E-state index contributed by atoms with van der Waals surface area (Å²) < 4.78 is 0. The maximum Gasteiger partial charge on any atom is 0.0876 e. The molecule has 266 valence electrons. The van der Waals surface area contributed by atoms with Gasteiger partial charge in [0.05, 0.1) is 22.8 Å². The predicted molar refractivity (Wildman–Crippen MR) is 228 cm³/mol. The normalized spacial score (nSPS) is 11.0. The van der Waals surface area contributed by atoms with Crippen molar-refractivity contribution in [3.8, 4) is 89.8 Å². The molecule has 4 aromatic heterocycles. The summed E-state index contributed by atoms with van der Waals surface area (Å²) in [6.45, 7) is 4.18. The van der Waals surface area contributed by atoms with Crippen LogP contribution in [-0.4, -0.2) is 19.9 Å². The van der Waals surface area contributed by atoms with Crippen molar-refractivity contribution in [3.05, 3.63) is 206 Å². The fourth-order valence-electron chi connectivity index (χ4n) is 6.98. The van der Waals surface area contributed by atoms with E-state index in [1.807, 2.05) is 48.5 Å². The highest BCUT2D eigenvalue weighted by molar-refractivity contribution is 5.80. The lowest BCUT2D eigenvalue weighted by Gasteiger charge is -2.15. The molecule has 0 amide bonds. The molecule has 0 bridgehead atoms. The van der Waals surface area contributed by atoms with Gasteiger partial charge in [0.15, 0.2) is 0 Å². The van der Waals surface area contributed by atoms with Gasteiger partial charge in [-0.15, -0.1) is 70.8 Å². The van der Waals surface area contributed by atoms with E-state index in [-0.39, 0.29) is 0 Å². The van der Waals surface area contributed by atoms with Crippen LogP contribution < -0.4 is 0 Å². The Morgan fingerprint density at radius 2 is 0.661 bits per heavy atom. The van der Waals surface area contributed by atoms with Crippen LogP contribution >= 0.6 is 0 Å². The minimum Gasteiger partial charge on any atom is -0.295 e. The van der Waals surface area contributed by atoms with E-state index in [9.17, 15) is 0 Å². The van der Waals surface area contributed by atoms with Gasteiger partial charge < -0.3 is 0 Å². The van der Waals surface area contributed by atoms with Gasteiger partial charge in [-0.05, 0) is 92.3 Å². The van der Waals surface area contributed by atoms with E-state index in [1.54, 1.807) is 12.4 Å². The predicted octanol–water partition coefficient (Wildman–Crippen LogP) is 12.8. The lowest BCUT2D eigenvalue weighted by atomic mass is 9.96. The maximum absolute atomic E-state index is 4.99. The lowest BCUT2D eigenvalue weighted by Crippen LogP contribution is -1.93. The van der Waals surface area contributed by atoms with Crippen LogP contribution in [0.25, 0.3) is 89.8 Å². The standard InChI is InChI=1S/C52H36N4/c1-35-9-7-11-43(29-35)49-31-45(33-51(55-49)47-13-3-5-27-53-47)41-23-19-39(20-24-41)37-15-17-38(18-16-37)40-21-25-42(26-22-40)46-32-50(44-12-8-10-36(2)30-44)56-52(34-46)48-14-4-6-28-54-48/h3-10,13-34H,1-2H3/q-2. The zero-order valence-electron chi connectivity index (χ0n) is 31.1. The van der Waals surface area contributed by atoms with E-state index in [4.69, 9.17) is 9.97 Å². The molecule has 4 heteroatoms. The first-order valence-corrected chi connectivity index (χ1v) is 18.7. The highest BCUT2D eigenvalue weighted by Gasteiger charge is 2.10. The van der Waals surface area contributed by atoms with Crippen LogP contribution in [0.15, 0.2) is 182 Å². The van der Waals surface area contributed by atoms with Gasteiger partial charge in [-0.3, -0.25) is 19.9 Å². The Morgan fingerprint density at radius 3 is 0.982 bits per heavy atom. The summed E-state index contributed by atoms with van der Waals surface area (Å²) in [6.07, 6.45) is 3.61. The van der Waals surface area contributed by atoms with E-state index >= 15 is 0 Å². The first-order valence-electron chi connectivity index (χ1n) is 18.7. The van der Waals surface area contributed by atoms with E-state index in [2.05, 4.69) is 157 Å². The number of hydrogen-bond donors (Lipinski definition) is 0. The molecule has 0 N–H and O–H groups in total. The minimum atomic E-state index is 0.835. The quantitative estimate of drug-likeness (QED) is 0.147. The highest BCUT2D eigenvalue weighted by Crippen LogP contribution is 2.34. The zero-order chi connectivity index (χ0) is 37.8. The molecular formula is C52H36N4-2. The summed E-state index contributed by atoms with van der Waals surface area (Å²) in [7, 11) is 0. The molecule has 9 aromatic rings. The Kier molecular flexibility index (Phi) is 9.36. The zero-order valence-corrected chi connectivity index (χ0v) is 31.1. The molecule has 0 radical (unpaired) electrons. The third-order valence-electron chi connectivity index (χ3n) is 9.96. The number of pyridine rings is 4. The number of hydrogen-bond acceptors (Lipinski definition) is 4. The van der Waals surface area contributed by atoms with Crippen molar-refractivity contribution in [1.29, 1.82) is 0 Å². The number of benzene rings is 5. The largest absolute Gasteiger partial charge is 0.295 e. The first kappa shape index (κ1) is 34.5. The van der Waals surface area contributed by atoms with Crippen LogP contribution in [0.2, 0.25) is 0 Å². The van der Waals surface area contributed by atoms with Gasteiger partial charge in [-0.2, -0.15) is 0 Å². The molecule has 9 rings (SSSR count). The van der Waals surface area contributed by atoms with Gasteiger partial charge in [0.2, 0.25) is 0 Å². The number of nitrogens with zero attached hydrogens (tertiary/aromatic N) is 4. The first-order chi connectivity index (χ1) is 27.5. The van der Waals surface area contributed by atoms with Crippen molar-refractivity contribution < 1.29 is 0 Å². The van der Waals surface area contributed by atoms with Crippen molar-refractivity contribution in [3.63, 3.8) is 0 Å². The molecule has 0 unspecified atom stereocenters. The van der Waals surface area contributed by atoms with Crippen molar-refractivity contribution in [2.45, 2.75) is 13.8 Å². The van der Waals surface area contributed by atoms with E-state index in [1.165, 1.54) is 11.1 Å². The maximum atomic E-state index is 4.99. The molecule has 0 aliphatic rings. The molecule has 0 fully saturated rings. The van der Waals surface area contributed by atoms with Crippen LogP contribution in [0.5, 0.6) is 0 Å². The van der Waals surface area contributed by atoms with E-state index in [0.29, 0.717) is 0 Å². The van der Waals surface area contributed by atoms with Gasteiger partial charge in [-0.25, -0.2) is 0 Å². The average molecular weight is 717 g/mol. The molecule has 0 saturated heterocycles. The lowest BCUT2D eigenvalue weighted by molar-refractivity contribution is 1.25. The number of aryl methyl sites for hydroxylation is 2. The van der Waals surface area contributed by atoms with E-state index in [0.717, 1.165) is 89.8 Å². The van der Waals surface area contributed by atoms with Crippen molar-refractivity contribution in [2.75, 3.05) is 0 Å². The molecule has 56 heavy (non-hydrogen) atoms. The molecule has 0 spiro atoms. The molecule has 0 atom stereocenters. The molecule has 0 saturated carbocycles. The SMILES string of the molecule is Cc1cc[c-]c(-c2cc(-c3ccc(-c4ccc(-c5ccc(-c6cc(-c7[c-]ccc(C)c7)nc(-c7ccccn7)c6)cc5)cc4)cc3)cc(-c3ccccn3)n2)c1. The summed E-state index contributed by atoms with van der Waals surface area (Å²) in [4.78, 5) is 19.2. The number of aromatic nitrogens is 4. The molecule has 4 heterocycles. The summed E-state index contributed by atoms with van der Waals surface area (Å²) in [5.74, 6) is 0. The topological polar surface area (TPSA) is 51.6 Å². The van der Waals surface area contributed by atoms with Crippen LogP contribution in [0, 0.1) is 26.0 Å². The molecular weight excluding hydrogens is 681 g/mol. The number of rotatable bonds is 8. The van der Waals surface area contributed by atoms with Crippen LogP contribution in [0.4, 0.5) is 0 Å². The Hall–Kier alpha value is -7.30. The highest BCUT2D eigenvalue weighted by atomic mass is 14.8. The Labute approximate surface area is 327 Å². The van der Waals surface area contributed by atoms with Gasteiger partial charge in [0.25, 0.3) is 0 Å². The monoisotopic (exact) mass is 716 g/mol. The second kappa shape index (κ2) is 15.2. The summed E-state index contributed by atoms with van der Waals surface area (Å²) in [5.41, 5.74) is 18.4. The Morgan fingerprint density at radius 1 is 0.321 bits per heavy atom. The summed E-state index contributed by atoms with van der Waals surface area (Å²) >= 11 is 0. The van der Waals surface area contributed by atoms with Gasteiger partial charge in [-0.1, -0.05) is 111 Å². The molecule has 4 nitrogen and oxygen atoms in total. The average Bonchev–Trinajstić information content (AvgIpc) is 3.27. The minimum absolute atomic E-state index is 0.835. The van der Waals surface area contributed by atoms with Gasteiger partial charge in [0.1, 0.15) is 0 Å². The Bertz CT molecular complexity index is 2580. The summed E-state index contributed by atoms with van der Waals surface area (Å²) in [5, 5.41) is 0. The van der Waals surface area contributed by atoms with Crippen LogP contribution in [-0.2, 0) is 0 Å². The van der Waals surface area contributed by atoms with Gasteiger partial charge in [0, 0.05) is 12.4 Å². The van der Waals surface area contributed by atoms with E-state index < -0.39 is 0 Å². The van der Waals surface area contributed by atoms with Crippen molar-refractivity contribution in [2.24, 2.45) is 0 Å².